The maximum Gasteiger partial charge on any atom is 0.193 e. The zero-order valence-corrected chi connectivity index (χ0v) is 8.29. The summed E-state index contributed by atoms with van der Waals surface area (Å²) in [4.78, 5) is 3.27. The van der Waals surface area contributed by atoms with Crippen molar-refractivity contribution >= 4 is 0 Å². The Kier molecular flexibility index (Phi) is 1.89. The number of rotatable bonds is 0. The van der Waals surface area contributed by atoms with E-state index < -0.39 is 0 Å². The molecule has 1 saturated heterocycles. The quantitative estimate of drug-likeness (QED) is 0.466. The Bertz CT molecular complexity index is 325. The third-order valence-electron chi connectivity index (χ3n) is 3.31. The largest absolute Gasteiger partial charge is 0.289 e. The van der Waals surface area contributed by atoms with Crippen LogP contribution in [0.2, 0.25) is 0 Å². The van der Waals surface area contributed by atoms with Gasteiger partial charge in [-0.2, -0.15) is 0 Å². The first-order chi connectivity index (χ1) is 6.95. The summed E-state index contributed by atoms with van der Waals surface area (Å²) in [5.74, 6) is 0. The van der Waals surface area contributed by atoms with Crippen LogP contribution in [-0.4, -0.2) is 26.2 Å². The first-order valence-corrected chi connectivity index (χ1v) is 5.39. The van der Waals surface area contributed by atoms with E-state index in [9.17, 15) is 0 Å². The van der Waals surface area contributed by atoms with E-state index >= 15 is 0 Å². The molecule has 14 heavy (non-hydrogen) atoms. The van der Waals surface area contributed by atoms with E-state index in [0.717, 1.165) is 0 Å². The maximum atomic E-state index is 2.28. The summed E-state index contributed by atoms with van der Waals surface area (Å²) in [5, 5.41) is 0. The third-order valence-corrected chi connectivity index (χ3v) is 3.31. The fraction of sp³-hybridized carbons (Fsp3) is 0.333. The van der Waals surface area contributed by atoms with Crippen LogP contribution in [0.5, 0.6) is 0 Å². The number of fused-ring (bicyclic) bond motifs is 3. The molecular formula is C12H16N2+2. The zero-order chi connectivity index (χ0) is 9.38. The number of nitrogens with one attached hydrogen (secondary N) is 2. The molecule has 2 atom stereocenters. The lowest BCUT2D eigenvalue weighted by atomic mass is 10.1. The zero-order valence-electron chi connectivity index (χ0n) is 8.29. The standard InChI is InChI=1S/C12H14N2/c1-3-7-13-9-10-14-8-4-2-6-12(14)11(13)5-1/h1-6H,7-10H2/p+2. The highest BCUT2D eigenvalue weighted by Gasteiger charge is 2.34. The minimum atomic E-state index is 1.17. The van der Waals surface area contributed by atoms with E-state index in [2.05, 4.69) is 36.5 Å². The molecule has 0 aromatic carbocycles. The first-order valence-electron chi connectivity index (χ1n) is 5.39. The van der Waals surface area contributed by atoms with Crippen molar-refractivity contribution in [3.63, 3.8) is 0 Å². The fourth-order valence-corrected chi connectivity index (χ4v) is 2.54. The Morgan fingerprint density at radius 3 is 1.79 bits per heavy atom. The van der Waals surface area contributed by atoms with E-state index in [1.165, 1.54) is 37.6 Å². The SMILES string of the molecule is C1=CC[NH+]2CC[NH+]3CC=CC=C3C2=C1. The summed E-state index contributed by atoms with van der Waals surface area (Å²) in [7, 11) is 0. The van der Waals surface area contributed by atoms with Crippen LogP contribution >= 0.6 is 0 Å². The second-order valence-corrected chi connectivity index (χ2v) is 4.13. The number of hydrogen-bond donors (Lipinski definition) is 2. The van der Waals surface area contributed by atoms with Crippen LogP contribution < -0.4 is 9.80 Å². The van der Waals surface area contributed by atoms with Gasteiger partial charge in [-0.1, -0.05) is 12.2 Å². The van der Waals surface area contributed by atoms with Crippen molar-refractivity contribution in [2.24, 2.45) is 0 Å². The lowest BCUT2D eigenvalue weighted by molar-refractivity contribution is -0.955. The summed E-state index contributed by atoms with van der Waals surface area (Å²) in [6, 6.07) is 0. The fourth-order valence-electron chi connectivity index (χ4n) is 2.54. The molecule has 2 nitrogen and oxygen atoms in total. The second kappa shape index (κ2) is 3.23. The number of quaternary nitrogens is 2. The van der Waals surface area contributed by atoms with Crippen LogP contribution in [-0.2, 0) is 0 Å². The third kappa shape index (κ3) is 1.19. The van der Waals surface area contributed by atoms with Crippen LogP contribution in [0.3, 0.4) is 0 Å². The van der Waals surface area contributed by atoms with E-state index in [-0.39, 0.29) is 0 Å². The molecule has 0 radical (unpaired) electrons. The van der Waals surface area contributed by atoms with Crippen molar-refractivity contribution in [1.82, 2.24) is 0 Å². The van der Waals surface area contributed by atoms with Gasteiger partial charge in [-0.3, -0.25) is 9.80 Å². The topological polar surface area (TPSA) is 8.88 Å². The molecule has 0 aromatic heterocycles. The summed E-state index contributed by atoms with van der Waals surface area (Å²) >= 11 is 0. The molecule has 0 aromatic rings. The van der Waals surface area contributed by atoms with E-state index in [0.29, 0.717) is 0 Å². The van der Waals surface area contributed by atoms with Gasteiger partial charge in [-0.25, -0.2) is 0 Å². The highest BCUT2D eigenvalue weighted by atomic mass is 15.3. The van der Waals surface area contributed by atoms with Crippen molar-refractivity contribution in [3.05, 3.63) is 47.9 Å². The minimum Gasteiger partial charge on any atom is -0.289 e. The van der Waals surface area contributed by atoms with Gasteiger partial charge in [0, 0.05) is 12.2 Å². The predicted molar refractivity (Wildman–Crippen MR) is 55.8 cm³/mol. The Hall–Kier alpha value is -1.12. The lowest BCUT2D eigenvalue weighted by Gasteiger charge is -2.33. The van der Waals surface area contributed by atoms with Gasteiger partial charge in [0.2, 0.25) is 0 Å². The van der Waals surface area contributed by atoms with Gasteiger partial charge in [0.15, 0.2) is 11.4 Å². The Morgan fingerprint density at radius 2 is 1.29 bits per heavy atom. The Balaban J connectivity index is 2.01. The molecule has 0 amide bonds. The van der Waals surface area contributed by atoms with Gasteiger partial charge in [0.25, 0.3) is 0 Å². The first kappa shape index (κ1) is 8.21. The highest BCUT2D eigenvalue weighted by molar-refractivity contribution is 5.29. The monoisotopic (exact) mass is 188 g/mol. The molecule has 2 heteroatoms. The van der Waals surface area contributed by atoms with Gasteiger partial charge in [-0.05, 0) is 12.2 Å². The second-order valence-electron chi connectivity index (χ2n) is 4.13. The number of piperazine rings is 1. The smallest absolute Gasteiger partial charge is 0.193 e. The molecule has 1 fully saturated rings. The van der Waals surface area contributed by atoms with Crippen LogP contribution in [0.15, 0.2) is 47.9 Å². The Morgan fingerprint density at radius 1 is 0.786 bits per heavy atom. The molecule has 2 unspecified atom stereocenters. The van der Waals surface area contributed by atoms with Gasteiger partial charge >= 0.3 is 0 Å². The summed E-state index contributed by atoms with van der Waals surface area (Å²) < 4.78 is 0. The molecule has 0 spiro atoms. The van der Waals surface area contributed by atoms with Crippen LogP contribution in [0.1, 0.15) is 0 Å². The van der Waals surface area contributed by atoms with Gasteiger partial charge in [0.05, 0.1) is 0 Å². The molecule has 2 N–H and O–H groups in total. The van der Waals surface area contributed by atoms with E-state index in [4.69, 9.17) is 0 Å². The van der Waals surface area contributed by atoms with Crippen LogP contribution in [0, 0.1) is 0 Å². The van der Waals surface area contributed by atoms with Crippen LogP contribution in [0.4, 0.5) is 0 Å². The molecule has 3 rings (SSSR count). The molecule has 0 saturated carbocycles. The van der Waals surface area contributed by atoms with E-state index in [1.54, 1.807) is 9.80 Å². The average Bonchev–Trinajstić information content (AvgIpc) is 2.29. The Labute approximate surface area is 84.5 Å². The summed E-state index contributed by atoms with van der Waals surface area (Å²) in [5.41, 5.74) is 3.02. The molecule has 3 aliphatic rings. The number of hydrogen-bond acceptors (Lipinski definition) is 0. The van der Waals surface area contributed by atoms with Crippen LogP contribution in [0.25, 0.3) is 0 Å². The van der Waals surface area contributed by atoms with Crippen molar-refractivity contribution in [1.29, 1.82) is 0 Å². The van der Waals surface area contributed by atoms with Gasteiger partial charge < -0.3 is 0 Å². The van der Waals surface area contributed by atoms with Crippen molar-refractivity contribution in [3.8, 4) is 0 Å². The maximum absolute atomic E-state index is 2.28. The summed E-state index contributed by atoms with van der Waals surface area (Å²) in [6.45, 7) is 4.88. The lowest BCUT2D eigenvalue weighted by Crippen LogP contribution is -3.25. The minimum absolute atomic E-state index is 1.17. The van der Waals surface area contributed by atoms with Crippen molar-refractivity contribution in [2.45, 2.75) is 0 Å². The number of allylic oxidation sites excluding steroid dienone is 4. The van der Waals surface area contributed by atoms with Gasteiger partial charge in [0.1, 0.15) is 26.2 Å². The molecule has 0 aliphatic carbocycles. The van der Waals surface area contributed by atoms with Gasteiger partial charge in [-0.15, -0.1) is 0 Å². The van der Waals surface area contributed by atoms with Crippen molar-refractivity contribution in [2.75, 3.05) is 26.2 Å². The highest BCUT2D eigenvalue weighted by Crippen LogP contribution is 2.04. The molecule has 3 aliphatic heterocycles. The molecular weight excluding hydrogens is 172 g/mol. The van der Waals surface area contributed by atoms with Crippen molar-refractivity contribution < 1.29 is 9.80 Å². The molecule has 3 heterocycles. The van der Waals surface area contributed by atoms with E-state index in [1.807, 2.05) is 0 Å². The summed E-state index contributed by atoms with van der Waals surface area (Å²) in [6.07, 6.45) is 13.5. The molecule has 0 bridgehead atoms. The average molecular weight is 188 g/mol. The normalized spacial score (nSPS) is 34.3. The molecule has 72 valence electrons. The predicted octanol–water partition coefficient (Wildman–Crippen LogP) is -1.32.